The lowest BCUT2D eigenvalue weighted by Gasteiger charge is -2.35. The summed E-state index contributed by atoms with van der Waals surface area (Å²) in [7, 11) is 3.84. The van der Waals surface area contributed by atoms with Crippen LogP contribution in [0, 0.1) is 5.41 Å². The number of likely N-dealkylation sites (N-methyl/N-ethyl adjacent to an activating group) is 1. The van der Waals surface area contributed by atoms with E-state index in [-0.39, 0.29) is 31.7 Å². The number of rotatable bonds is 7. The Hall–Kier alpha value is -3.70. The second-order valence-electron chi connectivity index (χ2n) is 16.5. The molecule has 2 aromatic heterocycles. The van der Waals surface area contributed by atoms with Crippen LogP contribution < -0.4 is 15.6 Å². The van der Waals surface area contributed by atoms with Crippen molar-refractivity contribution in [2.24, 2.45) is 10.4 Å². The van der Waals surface area contributed by atoms with Crippen LogP contribution >= 0.6 is 11.8 Å². The summed E-state index contributed by atoms with van der Waals surface area (Å²) in [5.41, 5.74) is 9.54. The molecule has 4 aliphatic heterocycles. The number of ether oxygens (including phenoxy) is 2. The van der Waals surface area contributed by atoms with Gasteiger partial charge in [0, 0.05) is 80.4 Å². The lowest BCUT2D eigenvalue weighted by molar-refractivity contribution is -0.155. The minimum Gasteiger partial charge on any atom is -0.464 e. The first-order valence-electron chi connectivity index (χ1n) is 20.0. The Morgan fingerprint density at radius 1 is 1.14 bits per heavy atom. The molecular weight excluding hydrogens is 758 g/mol. The van der Waals surface area contributed by atoms with Gasteiger partial charge in [-0.15, -0.1) is 11.8 Å². The van der Waals surface area contributed by atoms with E-state index < -0.39 is 42.1 Å². The molecule has 2 N–H and O–H groups in total. The molecular formula is C41H55F3N8O4S. The molecule has 0 radical (unpaired) electrons. The monoisotopic (exact) mass is 812 g/mol. The van der Waals surface area contributed by atoms with Gasteiger partial charge in [-0.05, 0) is 69.5 Å². The number of carbonyl (C=O) groups excluding carboxylic acids is 2. The van der Waals surface area contributed by atoms with Crippen LogP contribution in [-0.2, 0) is 32.0 Å². The number of aryl methyl sites for hydroxylation is 1. The third-order valence-corrected chi connectivity index (χ3v) is 12.7. The van der Waals surface area contributed by atoms with Crippen molar-refractivity contribution in [1.82, 2.24) is 30.2 Å². The molecule has 0 aliphatic carbocycles. The first kappa shape index (κ1) is 41.5. The number of aliphatic imine (C=N–C) groups is 1. The summed E-state index contributed by atoms with van der Waals surface area (Å²) in [6, 6.07) is 6.44. The van der Waals surface area contributed by atoms with Gasteiger partial charge in [0.05, 0.1) is 59.7 Å². The molecule has 4 atom stereocenters. The highest BCUT2D eigenvalue weighted by Crippen LogP contribution is 2.43. The number of carbonyl (C=O) groups is 2. The molecule has 12 nitrogen and oxygen atoms in total. The van der Waals surface area contributed by atoms with Gasteiger partial charge in [0.1, 0.15) is 6.04 Å². The quantitative estimate of drug-likeness (QED) is 0.280. The van der Waals surface area contributed by atoms with Gasteiger partial charge in [0.2, 0.25) is 0 Å². The number of alkyl halides is 3. The smallest absolute Gasteiger partial charge is 0.401 e. The van der Waals surface area contributed by atoms with Gasteiger partial charge >= 0.3 is 12.1 Å². The van der Waals surface area contributed by atoms with Crippen molar-refractivity contribution < 1.29 is 32.2 Å². The Bertz CT molecular complexity index is 2000. The molecule has 3 aromatic rings. The number of hydrogen-bond donors (Lipinski definition) is 2. The van der Waals surface area contributed by atoms with Crippen LogP contribution in [0.4, 0.5) is 18.9 Å². The standard InChI is InChI=1S/C41H55F3N8O4S/c1-7-51-34-11-10-26-17-28(34)30(37(51)29-18-27(21-45-36(29)25(2)55-6)50-15-13-49(5)14-16-50)20-40(3,4)24-56-39(54)31-9-8-12-52(48-31)38(53)32(46-23-41(42,43)44)19-35-47-33(26)22-57-35/h10-11,17-18,21,25,31-33,46,48H,7-9,12-16,19-20,22-24H2,1-6H3/t25-,31-,32-,33?/m0/s1. The number of amides is 1. The van der Waals surface area contributed by atoms with Crippen molar-refractivity contribution in [1.29, 1.82) is 0 Å². The number of anilines is 1. The number of aromatic nitrogens is 2. The molecule has 310 valence electrons. The number of hydrazine groups is 1. The lowest BCUT2D eigenvalue weighted by atomic mass is 9.84. The summed E-state index contributed by atoms with van der Waals surface area (Å²) in [6.07, 6.45) is -1.34. The second-order valence-corrected chi connectivity index (χ2v) is 17.6. The van der Waals surface area contributed by atoms with Crippen molar-refractivity contribution >= 4 is 45.3 Å². The van der Waals surface area contributed by atoms with Crippen molar-refractivity contribution in [2.45, 2.75) is 90.3 Å². The van der Waals surface area contributed by atoms with Gasteiger partial charge in [-0.2, -0.15) is 13.2 Å². The summed E-state index contributed by atoms with van der Waals surface area (Å²) in [6.45, 7) is 11.8. The van der Waals surface area contributed by atoms with E-state index in [0.29, 0.717) is 36.6 Å². The second kappa shape index (κ2) is 16.9. The molecule has 4 aliphatic rings. The van der Waals surface area contributed by atoms with Gasteiger partial charge in [-0.3, -0.25) is 29.9 Å². The third kappa shape index (κ3) is 9.14. The maximum Gasteiger partial charge on any atom is 0.401 e. The van der Waals surface area contributed by atoms with Crippen LogP contribution in [0.2, 0.25) is 0 Å². The van der Waals surface area contributed by atoms with E-state index in [2.05, 4.69) is 77.2 Å². The molecule has 16 heteroatoms. The molecule has 0 saturated carbocycles. The zero-order valence-corrected chi connectivity index (χ0v) is 34.6. The van der Waals surface area contributed by atoms with Crippen LogP contribution in [0.25, 0.3) is 22.2 Å². The first-order valence-corrected chi connectivity index (χ1v) is 21.0. The minimum atomic E-state index is -4.51. The summed E-state index contributed by atoms with van der Waals surface area (Å²) < 4.78 is 54.6. The Morgan fingerprint density at radius 2 is 1.91 bits per heavy atom. The fourth-order valence-corrected chi connectivity index (χ4v) is 9.46. The SMILES string of the molecule is CCn1c(-c2cc(N3CCN(C)CC3)cnc2[C@H](C)OC)c2c3cc(ccc31)C1CSC(=N1)C[C@H](NCC(F)(F)F)C(=O)N1CCC[C@H](N1)C(=O)OCC(C)(C)C2. The van der Waals surface area contributed by atoms with Gasteiger partial charge in [0.25, 0.3) is 5.91 Å². The topological polar surface area (TPSA) is 117 Å². The molecule has 7 rings (SSSR count). The number of methoxy groups -OCH3 is 1. The van der Waals surface area contributed by atoms with Crippen molar-refractivity contribution in [3.63, 3.8) is 0 Å². The Balaban J connectivity index is 1.37. The van der Waals surface area contributed by atoms with E-state index in [4.69, 9.17) is 19.5 Å². The molecule has 1 amide bonds. The lowest BCUT2D eigenvalue weighted by Crippen LogP contribution is -2.60. The zero-order chi connectivity index (χ0) is 40.6. The number of fused-ring (bicyclic) bond motifs is 5. The van der Waals surface area contributed by atoms with Gasteiger partial charge in [0.15, 0.2) is 0 Å². The number of hydrogen-bond acceptors (Lipinski definition) is 11. The largest absolute Gasteiger partial charge is 0.464 e. The number of esters is 1. The maximum absolute atomic E-state index is 13.8. The Labute approximate surface area is 336 Å². The van der Waals surface area contributed by atoms with Gasteiger partial charge in [-0.25, -0.2) is 5.43 Å². The van der Waals surface area contributed by atoms with Crippen LogP contribution in [0.3, 0.4) is 0 Å². The number of halogens is 3. The predicted octanol–water partition coefficient (Wildman–Crippen LogP) is 5.90. The van der Waals surface area contributed by atoms with Gasteiger partial charge in [-0.1, -0.05) is 19.9 Å². The van der Waals surface area contributed by atoms with Crippen LogP contribution in [0.15, 0.2) is 35.5 Å². The van der Waals surface area contributed by atoms with E-state index in [0.717, 1.165) is 70.8 Å². The van der Waals surface area contributed by atoms with E-state index in [9.17, 15) is 22.8 Å². The number of nitrogens with zero attached hydrogens (tertiary/aromatic N) is 6. The number of nitrogens with one attached hydrogen (secondary N) is 2. The number of benzene rings is 1. The van der Waals surface area contributed by atoms with Crippen LogP contribution in [-0.4, -0.2) is 120 Å². The van der Waals surface area contributed by atoms with Crippen molar-refractivity contribution in [3.05, 3.63) is 47.3 Å². The average molecular weight is 813 g/mol. The van der Waals surface area contributed by atoms with Crippen LogP contribution in [0.1, 0.15) is 75.9 Å². The summed E-state index contributed by atoms with van der Waals surface area (Å²) >= 11 is 1.47. The van der Waals surface area contributed by atoms with Crippen molar-refractivity contribution in [3.8, 4) is 11.3 Å². The average Bonchev–Trinajstić information content (AvgIpc) is 3.79. The normalized spacial score (nSPS) is 24.4. The third-order valence-electron chi connectivity index (χ3n) is 11.6. The highest BCUT2D eigenvalue weighted by Gasteiger charge is 2.38. The predicted molar refractivity (Wildman–Crippen MR) is 217 cm³/mol. The zero-order valence-electron chi connectivity index (χ0n) is 33.7. The highest BCUT2D eigenvalue weighted by atomic mass is 32.2. The molecule has 1 unspecified atom stereocenters. The summed E-state index contributed by atoms with van der Waals surface area (Å²) in [4.78, 5) is 42.2. The molecule has 6 bridgehead atoms. The fourth-order valence-electron chi connectivity index (χ4n) is 8.36. The van der Waals surface area contributed by atoms with E-state index >= 15 is 0 Å². The summed E-state index contributed by atoms with van der Waals surface area (Å²) in [5, 5.41) is 5.39. The summed E-state index contributed by atoms with van der Waals surface area (Å²) in [5.74, 6) is -0.459. The number of cyclic esters (lactones) is 1. The van der Waals surface area contributed by atoms with E-state index in [1.807, 2.05) is 13.1 Å². The Kier molecular flexibility index (Phi) is 12.3. The van der Waals surface area contributed by atoms with E-state index in [1.54, 1.807) is 7.11 Å². The maximum atomic E-state index is 13.8. The van der Waals surface area contributed by atoms with Crippen molar-refractivity contribution in [2.75, 3.05) is 70.7 Å². The molecule has 2 fully saturated rings. The Morgan fingerprint density at radius 3 is 2.63 bits per heavy atom. The van der Waals surface area contributed by atoms with Crippen LogP contribution in [0.5, 0.6) is 0 Å². The molecule has 6 heterocycles. The van der Waals surface area contributed by atoms with Gasteiger partial charge < -0.3 is 23.8 Å². The number of thioether (sulfide) groups is 1. The first-order chi connectivity index (χ1) is 27.1. The number of pyridine rings is 1. The molecule has 2 saturated heterocycles. The van der Waals surface area contributed by atoms with E-state index in [1.165, 1.54) is 16.8 Å². The minimum absolute atomic E-state index is 0.00147. The molecule has 0 spiro atoms. The molecule has 1 aromatic carbocycles. The number of piperazine rings is 1. The highest BCUT2D eigenvalue weighted by molar-refractivity contribution is 8.14. The fraction of sp³-hybridized carbons (Fsp3) is 0.610. The molecule has 57 heavy (non-hydrogen) atoms.